The molecule has 0 aliphatic rings. The van der Waals surface area contributed by atoms with Crippen LogP contribution < -0.4 is 10.6 Å². The van der Waals surface area contributed by atoms with E-state index in [1.165, 1.54) is 23.9 Å². The minimum Gasteiger partial charge on any atom is -0.506 e. The molecular weight excluding hydrogens is 460 g/mol. The summed E-state index contributed by atoms with van der Waals surface area (Å²) in [6, 6.07) is 24.1. The topological polar surface area (TPSA) is 98.7 Å². The largest absolute Gasteiger partial charge is 0.506 e. The number of aryl methyl sites for hydroxylation is 2. The van der Waals surface area contributed by atoms with Gasteiger partial charge in [-0.05, 0) is 74.5 Å². The molecule has 0 saturated heterocycles. The number of carbonyl (C=O) groups excluding carboxylic acids is 2. The molecule has 35 heavy (non-hydrogen) atoms. The molecular formula is C28H24N2O4S. The number of carbonyl (C=O) groups is 2. The Kier molecular flexibility index (Phi) is 7.08. The van der Waals surface area contributed by atoms with Gasteiger partial charge in [0.05, 0.1) is 11.4 Å². The summed E-state index contributed by atoms with van der Waals surface area (Å²) in [5, 5.41) is 26.0. The van der Waals surface area contributed by atoms with Gasteiger partial charge >= 0.3 is 0 Å². The Bertz CT molecular complexity index is 1280. The van der Waals surface area contributed by atoms with Crippen LogP contribution in [0.1, 0.15) is 31.8 Å². The standard InChI is InChI=1S/C28H24N2O4S/c1-17-3-7-19(8-4-17)27(33)29-23-15-21(11-13-25(23)31)35-22-12-14-26(32)24(16-22)30-28(34)20-9-5-18(2)6-10-20/h3-16,31-32H,1-2H3,(H,29,33)(H,30,34). The Balaban J connectivity index is 1.50. The Morgan fingerprint density at radius 1 is 0.600 bits per heavy atom. The van der Waals surface area contributed by atoms with Crippen molar-refractivity contribution in [1.82, 2.24) is 0 Å². The lowest BCUT2D eigenvalue weighted by Crippen LogP contribution is -2.12. The third-order valence-electron chi connectivity index (χ3n) is 5.30. The summed E-state index contributed by atoms with van der Waals surface area (Å²) in [7, 11) is 0. The molecule has 0 spiro atoms. The molecule has 4 N–H and O–H groups in total. The van der Waals surface area contributed by atoms with Crippen LogP contribution in [0, 0.1) is 13.8 Å². The Morgan fingerprint density at radius 3 is 1.34 bits per heavy atom. The minimum absolute atomic E-state index is 0.0495. The molecule has 6 nitrogen and oxygen atoms in total. The van der Waals surface area contributed by atoms with Crippen molar-refractivity contribution in [3.8, 4) is 11.5 Å². The molecule has 4 aromatic carbocycles. The van der Waals surface area contributed by atoms with Crippen molar-refractivity contribution >= 4 is 35.0 Å². The zero-order valence-electron chi connectivity index (χ0n) is 19.2. The van der Waals surface area contributed by atoms with Crippen molar-refractivity contribution in [2.24, 2.45) is 0 Å². The summed E-state index contributed by atoms with van der Waals surface area (Å²) < 4.78 is 0. The molecule has 0 aliphatic heterocycles. The molecule has 0 atom stereocenters. The van der Waals surface area contributed by atoms with Crippen LogP contribution in [-0.4, -0.2) is 22.0 Å². The van der Waals surface area contributed by atoms with Gasteiger partial charge in [-0.25, -0.2) is 0 Å². The highest BCUT2D eigenvalue weighted by Crippen LogP contribution is 2.37. The van der Waals surface area contributed by atoms with Crippen molar-refractivity contribution in [3.05, 3.63) is 107 Å². The lowest BCUT2D eigenvalue weighted by Gasteiger charge is -2.12. The first-order valence-electron chi connectivity index (χ1n) is 10.9. The number of rotatable bonds is 6. The van der Waals surface area contributed by atoms with E-state index in [0.717, 1.165) is 20.9 Å². The molecule has 0 unspecified atom stereocenters. The van der Waals surface area contributed by atoms with Crippen LogP contribution in [0.2, 0.25) is 0 Å². The fourth-order valence-corrected chi connectivity index (χ4v) is 4.19. The monoisotopic (exact) mass is 484 g/mol. The highest BCUT2D eigenvalue weighted by Gasteiger charge is 2.13. The Hall–Kier alpha value is -4.23. The van der Waals surface area contributed by atoms with Gasteiger partial charge in [-0.15, -0.1) is 0 Å². The van der Waals surface area contributed by atoms with Crippen LogP contribution in [0.25, 0.3) is 0 Å². The molecule has 7 heteroatoms. The van der Waals surface area contributed by atoms with E-state index in [0.29, 0.717) is 11.1 Å². The van der Waals surface area contributed by atoms with Gasteiger partial charge in [0.25, 0.3) is 11.8 Å². The van der Waals surface area contributed by atoms with E-state index < -0.39 is 0 Å². The van der Waals surface area contributed by atoms with Crippen molar-refractivity contribution in [3.63, 3.8) is 0 Å². The van der Waals surface area contributed by atoms with E-state index in [9.17, 15) is 19.8 Å². The number of hydrogen-bond donors (Lipinski definition) is 4. The first-order chi connectivity index (χ1) is 16.8. The molecule has 0 radical (unpaired) electrons. The number of anilines is 2. The maximum Gasteiger partial charge on any atom is 0.255 e. The Morgan fingerprint density at radius 2 is 0.971 bits per heavy atom. The molecule has 0 fully saturated rings. The van der Waals surface area contributed by atoms with Gasteiger partial charge in [0.1, 0.15) is 11.5 Å². The second kappa shape index (κ2) is 10.4. The zero-order valence-corrected chi connectivity index (χ0v) is 20.0. The van der Waals surface area contributed by atoms with Crippen LogP contribution >= 0.6 is 11.8 Å². The molecule has 4 aromatic rings. The van der Waals surface area contributed by atoms with Gasteiger partial charge in [-0.1, -0.05) is 47.2 Å². The summed E-state index contributed by atoms with van der Waals surface area (Å²) in [6.45, 7) is 3.88. The summed E-state index contributed by atoms with van der Waals surface area (Å²) in [5.74, 6) is -0.750. The first-order valence-corrected chi connectivity index (χ1v) is 11.7. The molecule has 0 aromatic heterocycles. The number of benzene rings is 4. The third-order valence-corrected chi connectivity index (χ3v) is 6.27. The van der Waals surface area contributed by atoms with Crippen molar-refractivity contribution in [2.75, 3.05) is 10.6 Å². The van der Waals surface area contributed by atoms with Crippen molar-refractivity contribution < 1.29 is 19.8 Å². The van der Waals surface area contributed by atoms with Gasteiger partial charge in [0.15, 0.2) is 0 Å². The Labute approximate surface area is 207 Å². The molecule has 176 valence electrons. The van der Waals surface area contributed by atoms with E-state index in [4.69, 9.17) is 0 Å². The summed E-state index contributed by atoms with van der Waals surface area (Å²) in [4.78, 5) is 26.6. The van der Waals surface area contributed by atoms with Gasteiger partial charge in [-0.2, -0.15) is 0 Å². The average molecular weight is 485 g/mol. The predicted octanol–water partition coefficient (Wildman–Crippen LogP) is 6.37. The second-order valence-corrected chi connectivity index (χ2v) is 9.25. The highest BCUT2D eigenvalue weighted by atomic mass is 32.2. The van der Waals surface area contributed by atoms with E-state index in [1.54, 1.807) is 48.5 Å². The molecule has 2 amide bonds. The summed E-state index contributed by atoms with van der Waals surface area (Å²) in [5.41, 5.74) is 3.64. The number of nitrogens with one attached hydrogen (secondary N) is 2. The summed E-state index contributed by atoms with van der Waals surface area (Å²) in [6.07, 6.45) is 0. The van der Waals surface area contributed by atoms with Crippen LogP contribution in [0.3, 0.4) is 0 Å². The summed E-state index contributed by atoms with van der Waals surface area (Å²) >= 11 is 1.36. The molecule has 4 rings (SSSR count). The number of aromatic hydroxyl groups is 2. The van der Waals surface area contributed by atoms with Gasteiger partial charge in [0.2, 0.25) is 0 Å². The maximum absolute atomic E-state index is 12.6. The van der Waals surface area contributed by atoms with Crippen LogP contribution in [0.5, 0.6) is 11.5 Å². The van der Waals surface area contributed by atoms with E-state index >= 15 is 0 Å². The third kappa shape index (κ3) is 6.02. The number of phenols is 2. The van der Waals surface area contributed by atoms with Crippen LogP contribution in [0.4, 0.5) is 11.4 Å². The van der Waals surface area contributed by atoms with E-state index in [2.05, 4.69) is 10.6 Å². The highest BCUT2D eigenvalue weighted by molar-refractivity contribution is 7.99. The molecule has 0 bridgehead atoms. The quantitative estimate of drug-likeness (QED) is 0.238. The number of hydrogen-bond acceptors (Lipinski definition) is 5. The molecule has 0 saturated carbocycles. The van der Waals surface area contributed by atoms with Crippen LogP contribution in [0.15, 0.2) is 94.7 Å². The fraction of sp³-hybridized carbons (Fsp3) is 0.0714. The van der Waals surface area contributed by atoms with Gasteiger partial charge < -0.3 is 20.8 Å². The minimum atomic E-state index is -0.326. The first kappa shape index (κ1) is 23.9. The van der Waals surface area contributed by atoms with Gasteiger partial charge in [-0.3, -0.25) is 9.59 Å². The molecule has 0 heterocycles. The molecule has 0 aliphatic carbocycles. The van der Waals surface area contributed by atoms with Gasteiger partial charge in [0, 0.05) is 20.9 Å². The fourth-order valence-electron chi connectivity index (χ4n) is 3.29. The van der Waals surface area contributed by atoms with E-state index in [1.807, 2.05) is 38.1 Å². The second-order valence-electron chi connectivity index (χ2n) is 8.10. The number of phenolic OH excluding ortho intramolecular Hbond substituents is 2. The van der Waals surface area contributed by atoms with Crippen molar-refractivity contribution in [2.45, 2.75) is 23.6 Å². The van der Waals surface area contributed by atoms with E-state index in [-0.39, 0.29) is 34.7 Å². The smallest absolute Gasteiger partial charge is 0.255 e. The number of amides is 2. The van der Waals surface area contributed by atoms with Crippen LogP contribution in [-0.2, 0) is 0 Å². The zero-order chi connectivity index (χ0) is 24.9. The maximum atomic E-state index is 12.6. The predicted molar refractivity (Wildman–Crippen MR) is 139 cm³/mol. The average Bonchev–Trinajstić information content (AvgIpc) is 2.84. The SMILES string of the molecule is Cc1ccc(C(=O)Nc2cc(Sc3ccc(O)c(NC(=O)c4ccc(C)cc4)c3)ccc2O)cc1. The normalized spacial score (nSPS) is 10.6. The lowest BCUT2D eigenvalue weighted by molar-refractivity contribution is 0.101. The lowest BCUT2D eigenvalue weighted by atomic mass is 10.1. The van der Waals surface area contributed by atoms with Crippen molar-refractivity contribution in [1.29, 1.82) is 0 Å².